The smallest absolute Gasteiger partial charge is 0.416 e. The number of ether oxygens (including phenoxy) is 1. The first-order chi connectivity index (χ1) is 9.25. The minimum Gasteiger partial charge on any atom is -0.436 e. The van der Waals surface area contributed by atoms with E-state index in [1.165, 1.54) is 12.1 Å². The highest BCUT2D eigenvalue weighted by atomic mass is 79.9. The normalized spacial score (nSPS) is 11.5. The maximum atomic E-state index is 13.5. The number of hydrogen-bond donors (Lipinski definition) is 0. The fourth-order valence-electron chi connectivity index (χ4n) is 1.36. The molecule has 0 N–H and O–H groups in total. The van der Waals surface area contributed by atoms with E-state index in [0.717, 1.165) is 6.07 Å². The van der Waals surface area contributed by atoms with E-state index in [4.69, 9.17) is 16.3 Å². The molecule has 2 aromatic rings. The Morgan fingerprint density at radius 1 is 1.15 bits per heavy atom. The molecule has 0 aliphatic heterocycles. The maximum absolute atomic E-state index is 13.5. The molecular formula is C12H5BrClF4NO. The van der Waals surface area contributed by atoms with Crippen LogP contribution in [-0.2, 0) is 6.18 Å². The first-order valence-electron chi connectivity index (χ1n) is 5.13. The second-order valence-electron chi connectivity index (χ2n) is 3.69. The summed E-state index contributed by atoms with van der Waals surface area (Å²) in [4.78, 5) is 3.57. The van der Waals surface area contributed by atoms with Crippen LogP contribution in [0.1, 0.15) is 5.56 Å². The summed E-state index contributed by atoms with van der Waals surface area (Å²) in [6.07, 6.45) is -4.60. The summed E-state index contributed by atoms with van der Waals surface area (Å²) in [6, 6.07) is 5.10. The summed E-state index contributed by atoms with van der Waals surface area (Å²) in [6.45, 7) is 0. The van der Waals surface area contributed by atoms with Crippen molar-refractivity contribution in [3.63, 3.8) is 0 Å². The third-order valence-electron chi connectivity index (χ3n) is 2.21. The molecule has 2 rings (SSSR count). The minimum absolute atomic E-state index is 0.262. The zero-order chi connectivity index (χ0) is 14.9. The van der Waals surface area contributed by atoms with Gasteiger partial charge >= 0.3 is 6.18 Å². The standard InChI is InChI=1S/C12H5BrClF4NO/c13-7-1-2-8(15)9(5-7)20-11-4-6(12(16,17)18)3-10(14)19-11/h1-5H. The Kier molecular flexibility index (Phi) is 4.19. The number of alkyl halides is 3. The molecule has 1 heterocycles. The topological polar surface area (TPSA) is 22.1 Å². The molecule has 20 heavy (non-hydrogen) atoms. The van der Waals surface area contributed by atoms with Crippen molar-refractivity contribution in [2.75, 3.05) is 0 Å². The van der Waals surface area contributed by atoms with Gasteiger partial charge in [-0.2, -0.15) is 13.2 Å². The SMILES string of the molecule is Fc1ccc(Br)cc1Oc1cc(C(F)(F)F)cc(Cl)n1. The molecule has 0 aliphatic carbocycles. The van der Waals surface area contributed by atoms with Crippen LogP contribution in [0, 0.1) is 5.82 Å². The number of pyridine rings is 1. The molecule has 0 saturated heterocycles. The van der Waals surface area contributed by atoms with Crippen molar-refractivity contribution in [1.82, 2.24) is 4.98 Å². The molecule has 0 spiro atoms. The number of halogens is 6. The van der Waals surface area contributed by atoms with E-state index in [2.05, 4.69) is 20.9 Å². The predicted octanol–water partition coefficient (Wildman–Crippen LogP) is 5.45. The zero-order valence-electron chi connectivity index (χ0n) is 9.51. The van der Waals surface area contributed by atoms with Gasteiger partial charge in [0, 0.05) is 10.5 Å². The van der Waals surface area contributed by atoms with E-state index in [0.29, 0.717) is 16.6 Å². The molecule has 1 aromatic carbocycles. The quantitative estimate of drug-likeness (QED) is 0.518. The van der Waals surface area contributed by atoms with Gasteiger partial charge in [-0.1, -0.05) is 27.5 Å². The molecule has 106 valence electrons. The van der Waals surface area contributed by atoms with Crippen LogP contribution in [0.2, 0.25) is 5.15 Å². The fraction of sp³-hybridized carbons (Fsp3) is 0.0833. The average Bonchev–Trinajstić information content (AvgIpc) is 2.32. The summed E-state index contributed by atoms with van der Waals surface area (Å²) in [7, 11) is 0. The molecule has 2 nitrogen and oxygen atoms in total. The molecule has 0 unspecified atom stereocenters. The molecule has 0 atom stereocenters. The Morgan fingerprint density at radius 2 is 1.85 bits per heavy atom. The predicted molar refractivity (Wildman–Crippen MR) is 68.4 cm³/mol. The van der Waals surface area contributed by atoms with E-state index in [1.807, 2.05) is 0 Å². The fourth-order valence-corrected chi connectivity index (χ4v) is 1.90. The van der Waals surface area contributed by atoms with E-state index >= 15 is 0 Å². The van der Waals surface area contributed by atoms with Gasteiger partial charge in [0.25, 0.3) is 0 Å². The third kappa shape index (κ3) is 3.61. The highest BCUT2D eigenvalue weighted by Crippen LogP contribution is 2.34. The van der Waals surface area contributed by atoms with Gasteiger partial charge in [-0.25, -0.2) is 9.37 Å². The van der Waals surface area contributed by atoms with Crippen molar-refractivity contribution in [2.45, 2.75) is 6.18 Å². The lowest BCUT2D eigenvalue weighted by Crippen LogP contribution is -2.06. The van der Waals surface area contributed by atoms with E-state index in [9.17, 15) is 17.6 Å². The molecule has 0 saturated carbocycles. The highest BCUT2D eigenvalue weighted by Gasteiger charge is 2.32. The van der Waals surface area contributed by atoms with Crippen LogP contribution >= 0.6 is 27.5 Å². The lowest BCUT2D eigenvalue weighted by Gasteiger charge is -2.10. The van der Waals surface area contributed by atoms with Crippen LogP contribution in [0.25, 0.3) is 0 Å². The van der Waals surface area contributed by atoms with Gasteiger partial charge < -0.3 is 4.74 Å². The summed E-state index contributed by atoms with van der Waals surface area (Å²) in [5.74, 6) is -1.44. The van der Waals surface area contributed by atoms with Crippen LogP contribution in [0.4, 0.5) is 17.6 Å². The largest absolute Gasteiger partial charge is 0.436 e. The van der Waals surface area contributed by atoms with Crippen molar-refractivity contribution in [3.05, 3.63) is 51.3 Å². The lowest BCUT2D eigenvalue weighted by atomic mass is 10.2. The summed E-state index contributed by atoms with van der Waals surface area (Å²) < 4.78 is 56.8. The molecule has 0 bridgehead atoms. The van der Waals surface area contributed by atoms with Gasteiger partial charge in [0.05, 0.1) is 5.56 Å². The van der Waals surface area contributed by atoms with Crippen molar-refractivity contribution in [2.24, 2.45) is 0 Å². The van der Waals surface area contributed by atoms with Crippen LogP contribution in [0.5, 0.6) is 11.6 Å². The molecular weight excluding hydrogens is 365 g/mol. The van der Waals surface area contributed by atoms with E-state index in [1.54, 1.807) is 0 Å². The summed E-state index contributed by atoms with van der Waals surface area (Å²) >= 11 is 8.60. The molecule has 1 aromatic heterocycles. The summed E-state index contributed by atoms with van der Waals surface area (Å²) in [5.41, 5.74) is -1.03. The zero-order valence-corrected chi connectivity index (χ0v) is 11.9. The van der Waals surface area contributed by atoms with Crippen molar-refractivity contribution in [1.29, 1.82) is 0 Å². The molecule has 0 aliphatic rings. The number of nitrogens with zero attached hydrogens (tertiary/aromatic N) is 1. The number of aromatic nitrogens is 1. The van der Waals surface area contributed by atoms with Crippen LogP contribution < -0.4 is 4.74 Å². The average molecular weight is 371 g/mol. The van der Waals surface area contributed by atoms with Gasteiger partial charge in [0.2, 0.25) is 5.88 Å². The Balaban J connectivity index is 2.39. The first kappa shape index (κ1) is 15.1. The van der Waals surface area contributed by atoms with Crippen LogP contribution in [0.15, 0.2) is 34.8 Å². The van der Waals surface area contributed by atoms with Gasteiger partial charge in [-0.3, -0.25) is 0 Å². The van der Waals surface area contributed by atoms with Crippen LogP contribution in [-0.4, -0.2) is 4.98 Å². The van der Waals surface area contributed by atoms with E-state index < -0.39 is 28.6 Å². The Labute approximate surface area is 124 Å². The lowest BCUT2D eigenvalue weighted by molar-refractivity contribution is -0.137. The first-order valence-corrected chi connectivity index (χ1v) is 6.30. The van der Waals surface area contributed by atoms with Crippen molar-refractivity contribution < 1.29 is 22.3 Å². The molecule has 0 radical (unpaired) electrons. The maximum Gasteiger partial charge on any atom is 0.416 e. The number of benzene rings is 1. The molecule has 8 heteroatoms. The Bertz CT molecular complexity index is 648. The van der Waals surface area contributed by atoms with Crippen molar-refractivity contribution >= 4 is 27.5 Å². The van der Waals surface area contributed by atoms with Gasteiger partial charge in [-0.05, 0) is 24.3 Å². The Morgan fingerprint density at radius 3 is 2.50 bits per heavy atom. The van der Waals surface area contributed by atoms with Gasteiger partial charge in [-0.15, -0.1) is 0 Å². The van der Waals surface area contributed by atoms with Crippen LogP contribution in [0.3, 0.4) is 0 Å². The van der Waals surface area contributed by atoms with Crippen molar-refractivity contribution in [3.8, 4) is 11.6 Å². The summed E-state index contributed by atoms with van der Waals surface area (Å²) in [5, 5.41) is -0.398. The number of hydrogen-bond acceptors (Lipinski definition) is 2. The van der Waals surface area contributed by atoms with Gasteiger partial charge in [0.15, 0.2) is 11.6 Å². The number of rotatable bonds is 2. The minimum atomic E-state index is -4.60. The Hall–Kier alpha value is -1.34. The van der Waals surface area contributed by atoms with E-state index in [-0.39, 0.29) is 5.75 Å². The molecule has 0 fully saturated rings. The second-order valence-corrected chi connectivity index (χ2v) is 4.99. The monoisotopic (exact) mass is 369 g/mol. The van der Waals surface area contributed by atoms with Gasteiger partial charge in [0.1, 0.15) is 5.15 Å². The third-order valence-corrected chi connectivity index (χ3v) is 2.89. The molecule has 0 amide bonds. The highest BCUT2D eigenvalue weighted by molar-refractivity contribution is 9.10. The second kappa shape index (κ2) is 5.57.